The zero-order valence-corrected chi connectivity index (χ0v) is 7.34. The molecule has 0 fully saturated rings. The smallest absolute Gasteiger partial charge is 0.356 e. The lowest BCUT2D eigenvalue weighted by molar-refractivity contribution is 0.0519. The van der Waals surface area contributed by atoms with Crippen LogP contribution in [0, 0.1) is 0 Å². The number of carbonyl (C=O) groups is 1. The zero-order chi connectivity index (χ0) is 8.97. The molecule has 3 nitrogen and oxygen atoms in total. The molecule has 0 unspecified atom stereocenters. The molecule has 1 aromatic rings. The Labute approximate surface area is 75.3 Å². The molecule has 0 spiro atoms. The van der Waals surface area contributed by atoms with Gasteiger partial charge in [-0.3, -0.25) is 0 Å². The summed E-state index contributed by atoms with van der Waals surface area (Å²) in [5.41, 5.74) is 0.240. The largest absolute Gasteiger partial charge is 0.461 e. The lowest BCUT2D eigenvalue weighted by atomic mass is 10.3. The highest BCUT2D eigenvalue weighted by atomic mass is 35.5. The summed E-state index contributed by atoms with van der Waals surface area (Å²) < 4.78 is 4.72. The van der Waals surface area contributed by atoms with Crippen LogP contribution < -0.4 is 0 Å². The van der Waals surface area contributed by atoms with Crippen molar-refractivity contribution in [2.75, 3.05) is 6.61 Å². The van der Waals surface area contributed by atoms with E-state index < -0.39 is 5.97 Å². The van der Waals surface area contributed by atoms with Crippen LogP contribution in [0.5, 0.6) is 0 Å². The maximum atomic E-state index is 11.1. The number of rotatable bonds is 2. The lowest BCUT2D eigenvalue weighted by Gasteiger charge is -1.99. The second kappa shape index (κ2) is 4.07. The fourth-order valence-corrected chi connectivity index (χ4v) is 0.891. The van der Waals surface area contributed by atoms with Crippen molar-refractivity contribution in [3.63, 3.8) is 0 Å². The molecule has 0 aliphatic heterocycles. The molecule has 64 valence electrons. The van der Waals surface area contributed by atoms with E-state index in [2.05, 4.69) is 4.98 Å². The maximum Gasteiger partial charge on any atom is 0.356 e. The predicted molar refractivity (Wildman–Crippen MR) is 45.2 cm³/mol. The van der Waals surface area contributed by atoms with E-state index >= 15 is 0 Å². The Morgan fingerprint density at radius 1 is 1.67 bits per heavy atom. The van der Waals surface area contributed by atoms with Crippen molar-refractivity contribution < 1.29 is 9.53 Å². The van der Waals surface area contributed by atoms with Crippen LogP contribution in [0.2, 0.25) is 5.15 Å². The number of carbonyl (C=O) groups excluding carboxylic acids is 1. The Hall–Kier alpha value is -1.09. The first kappa shape index (κ1) is 9.00. The number of halogens is 1. The highest BCUT2D eigenvalue weighted by Crippen LogP contribution is 2.05. The average molecular weight is 186 g/mol. The fourth-order valence-electron chi connectivity index (χ4n) is 0.727. The first-order chi connectivity index (χ1) is 5.74. The van der Waals surface area contributed by atoms with Crippen molar-refractivity contribution >= 4 is 17.6 Å². The molecular formula is C8H8ClNO2. The monoisotopic (exact) mass is 185 g/mol. The molecule has 1 aromatic heterocycles. The van der Waals surface area contributed by atoms with Crippen LogP contribution in [0.15, 0.2) is 18.2 Å². The van der Waals surface area contributed by atoms with E-state index in [1.54, 1.807) is 25.1 Å². The summed E-state index contributed by atoms with van der Waals surface area (Å²) in [5, 5.41) is 0.292. The van der Waals surface area contributed by atoms with Crippen molar-refractivity contribution in [1.29, 1.82) is 0 Å². The van der Waals surface area contributed by atoms with Gasteiger partial charge in [0.2, 0.25) is 0 Å². The van der Waals surface area contributed by atoms with Gasteiger partial charge in [-0.05, 0) is 19.1 Å². The van der Waals surface area contributed by atoms with Gasteiger partial charge in [0.25, 0.3) is 0 Å². The molecule has 4 heteroatoms. The van der Waals surface area contributed by atoms with Gasteiger partial charge in [-0.25, -0.2) is 9.78 Å². The molecule has 0 aliphatic carbocycles. The Bertz CT molecular complexity index is 288. The third-order valence-corrected chi connectivity index (χ3v) is 1.41. The van der Waals surface area contributed by atoms with Crippen molar-refractivity contribution in [3.8, 4) is 0 Å². The van der Waals surface area contributed by atoms with Crippen LogP contribution in [0.4, 0.5) is 0 Å². The molecule has 0 aromatic carbocycles. The molecule has 0 atom stereocenters. The second-order valence-electron chi connectivity index (χ2n) is 2.07. The van der Waals surface area contributed by atoms with Crippen molar-refractivity contribution in [1.82, 2.24) is 4.98 Å². The molecule has 1 heterocycles. The van der Waals surface area contributed by atoms with E-state index in [-0.39, 0.29) is 5.69 Å². The molecule has 0 amide bonds. The van der Waals surface area contributed by atoms with E-state index in [9.17, 15) is 4.79 Å². The number of nitrogens with zero attached hydrogens (tertiary/aromatic N) is 1. The minimum absolute atomic E-state index is 0.240. The fraction of sp³-hybridized carbons (Fsp3) is 0.250. The van der Waals surface area contributed by atoms with Gasteiger partial charge < -0.3 is 4.74 Å². The molecule has 0 N–H and O–H groups in total. The number of aromatic nitrogens is 1. The van der Waals surface area contributed by atoms with Gasteiger partial charge in [0, 0.05) is 0 Å². The summed E-state index contributed by atoms with van der Waals surface area (Å²) in [6.07, 6.45) is 0. The number of esters is 1. The van der Waals surface area contributed by atoms with Crippen molar-refractivity contribution in [2.24, 2.45) is 0 Å². The summed E-state index contributed by atoms with van der Waals surface area (Å²) in [7, 11) is 0. The molecule has 1 rings (SSSR count). The van der Waals surface area contributed by atoms with Crippen molar-refractivity contribution in [2.45, 2.75) is 6.92 Å². The van der Waals surface area contributed by atoms with Crippen LogP contribution in [0.3, 0.4) is 0 Å². The molecule has 0 saturated heterocycles. The van der Waals surface area contributed by atoms with E-state index in [4.69, 9.17) is 16.3 Å². The van der Waals surface area contributed by atoms with Gasteiger partial charge >= 0.3 is 5.97 Å². The Balaban J connectivity index is 2.81. The summed E-state index contributed by atoms with van der Waals surface area (Å²) in [6, 6.07) is 4.82. The number of hydrogen-bond acceptors (Lipinski definition) is 3. The highest BCUT2D eigenvalue weighted by molar-refractivity contribution is 6.29. The molecule has 0 saturated carbocycles. The van der Waals surface area contributed by atoms with E-state index in [0.717, 1.165) is 0 Å². The minimum atomic E-state index is -0.444. The number of pyridine rings is 1. The van der Waals surface area contributed by atoms with Crippen LogP contribution in [0.25, 0.3) is 0 Å². The van der Waals surface area contributed by atoms with Gasteiger partial charge in [-0.15, -0.1) is 0 Å². The first-order valence-electron chi connectivity index (χ1n) is 3.53. The average Bonchev–Trinajstić information content (AvgIpc) is 2.05. The summed E-state index contributed by atoms with van der Waals surface area (Å²) in [6.45, 7) is 2.08. The number of hydrogen-bond donors (Lipinski definition) is 0. The number of ether oxygens (including phenoxy) is 1. The van der Waals surface area contributed by atoms with Crippen LogP contribution in [0.1, 0.15) is 17.4 Å². The normalized spacial score (nSPS) is 9.50. The summed E-state index contributed by atoms with van der Waals surface area (Å²) in [4.78, 5) is 14.8. The van der Waals surface area contributed by atoms with Crippen molar-refractivity contribution in [3.05, 3.63) is 29.0 Å². The predicted octanol–water partition coefficient (Wildman–Crippen LogP) is 1.91. The van der Waals surface area contributed by atoms with Crippen LogP contribution >= 0.6 is 11.6 Å². The van der Waals surface area contributed by atoms with Gasteiger partial charge in [-0.1, -0.05) is 17.7 Å². The van der Waals surface area contributed by atoms with E-state index in [1.165, 1.54) is 0 Å². The van der Waals surface area contributed by atoms with Gasteiger partial charge in [0.05, 0.1) is 6.61 Å². The van der Waals surface area contributed by atoms with Gasteiger partial charge in [0.15, 0.2) is 0 Å². The maximum absolute atomic E-state index is 11.1. The third kappa shape index (κ3) is 2.20. The van der Waals surface area contributed by atoms with E-state index in [0.29, 0.717) is 11.8 Å². The lowest BCUT2D eigenvalue weighted by Crippen LogP contribution is -2.06. The molecule has 12 heavy (non-hydrogen) atoms. The highest BCUT2D eigenvalue weighted by Gasteiger charge is 2.06. The second-order valence-corrected chi connectivity index (χ2v) is 2.45. The Morgan fingerprint density at radius 2 is 2.42 bits per heavy atom. The summed E-state index contributed by atoms with van der Waals surface area (Å²) in [5.74, 6) is -0.444. The Kier molecular flexibility index (Phi) is 3.05. The molecule has 0 bridgehead atoms. The topological polar surface area (TPSA) is 39.2 Å². The molecule has 0 radical (unpaired) electrons. The zero-order valence-electron chi connectivity index (χ0n) is 6.58. The van der Waals surface area contributed by atoms with Crippen LogP contribution in [-0.2, 0) is 4.74 Å². The molecular weight excluding hydrogens is 178 g/mol. The molecule has 0 aliphatic rings. The standard InChI is InChI=1S/C8H8ClNO2/c1-2-12-8(11)6-4-3-5-7(9)10-6/h3-5H,2H2,1H3. The third-order valence-electron chi connectivity index (χ3n) is 1.20. The minimum Gasteiger partial charge on any atom is -0.461 e. The van der Waals surface area contributed by atoms with Gasteiger partial charge in [-0.2, -0.15) is 0 Å². The SMILES string of the molecule is CCOC(=O)c1cccc(Cl)n1. The van der Waals surface area contributed by atoms with Crippen LogP contribution in [-0.4, -0.2) is 17.6 Å². The summed E-state index contributed by atoms with van der Waals surface area (Å²) >= 11 is 5.57. The Morgan fingerprint density at radius 3 is 3.00 bits per heavy atom. The van der Waals surface area contributed by atoms with Gasteiger partial charge in [0.1, 0.15) is 10.8 Å². The quantitative estimate of drug-likeness (QED) is 0.522. The first-order valence-corrected chi connectivity index (χ1v) is 3.91. The van der Waals surface area contributed by atoms with E-state index in [1.807, 2.05) is 0 Å².